The van der Waals surface area contributed by atoms with Gasteiger partial charge in [0.05, 0.1) is 12.6 Å². The summed E-state index contributed by atoms with van der Waals surface area (Å²) in [4.78, 5) is 28.3. The highest BCUT2D eigenvalue weighted by atomic mass is 16.7. The number of nitrogens with zero attached hydrogens (tertiary/aromatic N) is 2. The van der Waals surface area contributed by atoms with Crippen LogP contribution in [0.4, 0.5) is 4.79 Å². The minimum atomic E-state index is -0.305. The fraction of sp³-hybridized carbons (Fsp3) is 0.500. The Bertz CT molecular complexity index is 663. The maximum Gasteiger partial charge on any atom is 0.327 e. The second-order valence-electron chi connectivity index (χ2n) is 6.15. The lowest BCUT2D eigenvalue weighted by molar-refractivity contribution is -0.136. The van der Waals surface area contributed by atoms with Gasteiger partial charge in [0.25, 0.3) is 0 Å². The van der Waals surface area contributed by atoms with Gasteiger partial charge in [0.1, 0.15) is 6.04 Å². The second kappa shape index (κ2) is 5.42. The standard InChI is InChI=1S/C16H19N3O4/c1-18-11-3-2-6-17-14(11)15(20)19(16(18)21)8-10-4-5-12-13(7-10)23-9-22-12/h4-5,7,11,14,17H,2-3,6,8-9H2,1H3. The minimum absolute atomic E-state index is 0.0447. The number of likely N-dealkylation sites (N-methyl/N-ethyl adjacent to an activating group) is 1. The van der Waals surface area contributed by atoms with Crippen molar-refractivity contribution in [1.29, 1.82) is 0 Å². The lowest BCUT2D eigenvalue weighted by Crippen LogP contribution is -2.68. The Labute approximate surface area is 134 Å². The minimum Gasteiger partial charge on any atom is -0.454 e. The summed E-state index contributed by atoms with van der Waals surface area (Å²) in [6.45, 7) is 1.26. The van der Waals surface area contributed by atoms with Crippen molar-refractivity contribution in [2.45, 2.75) is 31.5 Å². The van der Waals surface area contributed by atoms with Gasteiger partial charge in [-0.25, -0.2) is 4.79 Å². The third kappa shape index (κ3) is 2.31. The van der Waals surface area contributed by atoms with Gasteiger partial charge in [-0.05, 0) is 37.1 Å². The molecule has 2 saturated heterocycles. The summed E-state index contributed by atoms with van der Waals surface area (Å²) in [5, 5.41) is 3.25. The molecule has 23 heavy (non-hydrogen) atoms. The molecule has 1 aromatic carbocycles. The van der Waals surface area contributed by atoms with Crippen molar-refractivity contribution in [3.05, 3.63) is 23.8 Å². The van der Waals surface area contributed by atoms with Crippen molar-refractivity contribution in [3.8, 4) is 11.5 Å². The van der Waals surface area contributed by atoms with Crippen LogP contribution in [0.5, 0.6) is 11.5 Å². The zero-order valence-electron chi connectivity index (χ0n) is 12.9. The van der Waals surface area contributed by atoms with E-state index in [9.17, 15) is 9.59 Å². The lowest BCUT2D eigenvalue weighted by Gasteiger charge is -2.45. The maximum atomic E-state index is 12.7. The molecule has 0 bridgehead atoms. The molecule has 0 saturated carbocycles. The topological polar surface area (TPSA) is 71.1 Å². The number of nitrogens with one attached hydrogen (secondary N) is 1. The predicted molar refractivity (Wildman–Crippen MR) is 81.1 cm³/mol. The SMILES string of the molecule is CN1C(=O)N(Cc2ccc3c(c2)OCO3)C(=O)C2NCCCC21. The molecular formula is C16H19N3O4. The average Bonchev–Trinajstić information content (AvgIpc) is 3.04. The molecule has 3 aliphatic rings. The number of ether oxygens (including phenoxy) is 2. The van der Waals surface area contributed by atoms with Crippen molar-refractivity contribution in [2.75, 3.05) is 20.4 Å². The van der Waals surface area contributed by atoms with Gasteiger partial charge in [0, 0.05) is 7.05 Å². The summed E-state index contributed by atoms with van der Waals surface area (Å²) in [5.74, 6) is 1.20. The summed E-state index contributed by atoms with van der Waals surface area (Å²) in [7, 11) is 1.77. The molecule has 0 spiro atoms. The first-order valence-corrected chi connectivity index (χ1v) is 7.85. The van der Waals surface area contributed by atoms with Crippen LogP contribution in [-0.4, -0.2) is 54.2 Å². The molecule has 4 rings (SSSR count). The van der Waals surface area contributed by atoms with Gasteiger partial charge in [0.15, 0.2) is 11.5 Å². The number of hydrogen-bond acceptors (Lipinski definition) is 5. The summed E-state index contributed by atoms with van der Waals surface area (Å²) in [6.07, 6.45) is 1.84. The predicted octanol–water partition coefficient (Wildman–Crippen LogP) is 0.930. The van der Waals surface area contributed by atoms with Crippen LogP contribution in [0, 0.1) is 0 Å². The molecule has 0 aliphatic carbocycles. The third-order valence-corrected chi connectivity index (χ3v) is 4.77. The van der Waals surface area contributed by atoms with Crippen LogP contribution >= 0.6 is 0 Å². The fourth-order valence-electron chi connectivity index (χ4n) is 3.50. The number of rotatable bonds is 2. The first kappa shape index (κ1) is 14.3. The van der Waals surface area contributed by atoms with Crippen LogP contribution in [0.2, 0.25) is 0 Å². The molecule has 122 valence electrons. The van der Waals surface area contributed by atoms with E-state index in [1.165, 1.54) is 4.90 Å². The zero-order chi connectivity index (χ0) is 16.0. The van der Waals surface area contributed by atoms with Crippen LogP contribution in [0.15, 0.2) is 18.2 Å². The molecule has 1 N–H and O–H groups in total. The molecule has 7 heteroatoms. The van der Waals surface area contributed by atoms with Gasteiger partial charge >= 0.3 is 6.03 Å². The van der Waals surface area contributed by atoms with Crippen molar-refractivity contribution < 1.29 is 19.1 Å². The van der Waals surface area contributed by atoms with E-state index in [0.717, 1.165) is 24.9 Å². The third-order valence-electron chi connectivity index (χ3n) is 4.77. The molecule has 2 fully saturated rings. The second-order valence-corrected chi connectivity index (χ2v) is 6.15. The Morgan fingerprint density at radius 2 is 2.09 bits per heavy atom. The maximum absolute atomic E-state index is 12.7. The molecule has 3 heterocycles. The van der Waals surface area contributed by atoms with E-state index in [-0.39, 0.29) is 37.4 Å². The highest BCUT2D eigenvalue weighted by Gasteiger charge is 2.45. The fourth-order valence-corrected chi connectivity index (χ4v) is 3.50. The largest absolute Gasteiger partial charge is 0.454 e. The van der Waals surface area contributed by atoms with Gasteiger partial charge in [-0.1, -0.05) is 6.07 Å². The molecule has 0 radical (unpaired) electrons. The van der Waals surface area contributed by atoms with Crippen LogP contribution in [0.25, 0.3) is 0 Å². The number of carbonyl (C=O) groups is 2. The van der Waals surface area contributed by atoms with Crippen LogP contribution < -0.4 is 14.8 Å². The van der Waals surface area contributed by atoms with Gasteiger partial charge in [-0.3, -0.25) is 9.69 Å². The number of urea groups is 1. The van der Waals surface area contributed by atoms with Crippen LogP contribution in [0.1, 0.15) is 18.4 Å². The van der Waals surface area contributed by atoms with E-state index in [1.54, 1.807) is 11.9 Å². The van der Waals surface area contributed by atoms with E-state index in [0.29, 0.717) is 11.5 Å². The number of benzene rings is 1. The van der Waals surface area contributed by atoms with Crippen molar-refractivity contribution in [1.82, 2.24) is 15.1 Å². The van der Waals surface area contributed by atoms with E-state index < -0.39 is 0 Å². The van der Waals surface area contributed by atoms with Gasteiger partial charge in [0.2, 0.25) is 12.7 Å². The highest BCUT2D eigenvalue weighted by molar-refractivity contribution is 6.00. The van der Waals surface area contributed by atoms with Gasteiger partial charge < -0.3 is 19.7 Å². The van der Waals surface area contributed by atoms with Crippen LogP contribution in [-0.2, 0) is 11.3 Å². The van der Waals surface area contributed by atoms with E-state index >= 15 is 0 Å². The van der Waals surface area contributed by atoms with Crippen molar-refractivity contribution >= 4 is 11.9 Å². The smallest absolute Gasteiger partial charge is 0.327 e. The Balaban J connectivity index is 1.58. The molecule has 2 atom stereocenters. The first-order valence-electron chi connectivity index (χ1n) is 7.85. The average molecular weight is 317 g/mol. The van der Waals surface area contributed by atoms with Crippen molar-refractivity contribution in [3.63, 3.8) is 0 Å². The Morgan fingerprint density at radius 1 is 1.26 bits per heavy atom. The quantitative estimate of drug-likeness (QED) is 0.879. The molecule has 0 aromatic heterocycles. The van der Waals surface area contributed by atoms with Gasteiger partial charge in [-0.2, -0.15) is 0 Å². The van der Waals surface area contributed by atoms with E-state index in [1.807, 2.05) is 18.2 Å². The van der Waals surface area contributed by atoms with Gasteiger partial charge in [-0.15, -0.1) is 0 Å². The molecule has 2 unspecified atom stereocenters. The summed E-state index contributed by atoms with van der Waals surface area (Å²) < 4.78 is 10.6. The van der Waals surface area contributed by atoms with E-state index in [4.69, 9.17) is 9.47 Å². The zero-order valence-corrected chi connectivity index (χ0v) is 12.9. The van der Waals surface area contributed by atoms with E-state index in [2.05, 4.69) is 5.32 Å². The molecular weight excluding hydrogens is 298 g/mol. The first-order chi connectivity index (χ1) is 11.1. The number of carbonyl (C=O) groups excluding carboxylic acids is 2. The Hall–Kier alpha value is -2.28. The highest BCUT2D eigenvalue weighted by Crippen LogP contribution is 2.33. The number of hydrogen-bond donors (Lipinski definition) is 1. The number of amides is 3. The summed E-state index contributed by atoms with van der Waals surface area (Å²) in [6, 6.07) is 4.90. The molecule has 3 aliphatic heterocycles. The lowest BCUT2D eigenvalue weighted by atomic mass is 9.94. The monoisotopic (exact) mass is 317 g/mol. The summed E-state index contributed by atoms with van der Waals surface area (Å²) >= 11 is 0. The Kier molecular flexibility index (Phi) is 3.37. The number of piperidine rings is 1. The molecule has 3 amide bonds. The molecule has 1 aromatic rings. The number of imide groups is 1. The molecule has 7 nitrogen and oxygen atoms in total. The normalized spacial score (nSPS) is 26.5. The summed E-state index contributed by atoms with van der Waals surface area (Å²) in [5.41, 5.74) is 0.846. The number of fused-ring (bicyclic) bond motifs is 2. The van der Waals surface area contributed by atoms with Crippen molar-refractivity contribution in [2.24, 2.45) is 0 Å². The van der Waals surface area contributed by atoms with Crippen LogP contribution in [0.3, 0.4) is 0 Å². The Morgan fingerprint density at radius 3 is 2.96 bits per heavy atom.